The smallest absolute Gasteiger partial charge is 0.0655 e. The minimum Gasteiger partial charge on any atom is -0.299 e. The topological polar surface area (TPSA) is 27.0 Å². The zero-order valence-electron chi connectivity index (χ0n) is 12.3. The van der Waals surface area contributed by atoms with Gasteiger partial charge in [-0.1, -0.05) is 23.8 Å². The molecule has 2 heteroatoms. The molecule has 0 aliphatic heterocycles. The third kappa shape index (κ3) is 3.58. The minimum atomic E-state index is 0.297. The van der Waals surface area contributed by atoms with E-state index in [9.17, 15) is 0 Å². The molecule has 0 atom stereocenters. The van der Waals surface area contributed by atoms with Crippen molar-refractivity contribution in [2.75, 3.05) is 7.05 Å². The lowest BCUT2D eigenvalue weighted by Crippen LogP contribution is -2.34. The van der Waals surface area contributed by atoms with Gasteiger partial charge in [0.1, 0.15) is 0 Å². The predicted octanol–water partition coefficient (Wildman–Crippen LogP) is 3.82. The fourth-order valence-electron chi connectivity index (χ4n) is 3.01. The first-order chi connectivity index (χ1) is 9.10. The average molecular weight is 256 g/mol. The van der Waals surface area contributed by atoms with Crippen molar-refractivity contribution in [2.45, 2.75) is 52.1 Å². The monoisotopic (exact) mass is 256 g/mol. The Morgan fingerprint density at radius 2 is 1.89 bits per heavy atom. The Hall–Kier alpha value is -1.33. The summed E-state index contributed by atoms with van der Waals surface area (Å²) in [6, 6.07) is 9.74. The molecule has 0 saturated heterocycles. The molecule has 19 heavy (non-hydrogen) atoms. The molecule has 1 aromatic carbocycles. The molecule has 2 nitrogen and oxygen atoms in total. The van der Waals surface area contributed by atoms with Gasteiger partial charge in [-0.25, -0.2) is 0 Å². The maximum atomic E-state index is 8.95. The van der Waals surface area contributed by atoms with Crippen molar-refractivity contribution in [3.05, 3.63) is 34.9 Å². The van der Waals surface area contributed by atoms with Crippen molar-refractivity contribution < 1.29 is 0 Å². The molecule has 1 aromatic rings. The van der Waals surface area contributed by atoms with E-state index in [1.807, 2.05) is 0 Å². The molecule has 0 N–H and O–H groups in total. The van der Waals surface area contributed by atoms with Crippen molar-refractivity contribution in [2.24, 2.45) is 5.92 Å². The van der Waals surface area contributed by atoms with Gasteiger partial charge in [0, 0.05) is 18.5 Å². The molecule has 1 aliphatic rings. The van der Waals surface area contributed by atoms with Gasteiger partial charge < -0.3 is 0 Å². The lowest BCUT2D eigenvalue weighted by molar-refractivity contribution is 0.171. The van der Waals surface area contributed by atoms with E-state index >= 15 is 0 Å². The summed E-state index contributed by atoms with van der Waals surface area (Å²) in [5.74, 6) is 0.297. The molecule has 1 fully saturated rings. The van der Waals surface area contributed by atoms with Crippen LogP contribution in [0.4, 0.5) is 0 Å². The second kappa shape index (κ2) is 6.21. The Morgan fingerprint density at radius 3 is 2.53 bits per heavy atom. The number of aryl methyl sites for hydroxylation is 2. The molecule has 2 rings (SSSR count). The van der Waals surface area contributed by atoms with Crippen LogP contribution in [0.25, 0.3) is 0 Å². The second-order valence-electron chi connectivity index (χ2n) is 5.98. The number of hydrogen-bond donors (Lipinski definition) is 0. The second-order valence-corrected chi connectivity index (χ2v) is 5.98. The van der Waals surface area contributed by atoms with E-state index in [0.29, 0.717) is 12.0 Å². The van der Waals surface area contributed by atoms with Crippen LogP contribution in [0.1, 0.15) is 42.4 Å². The lowest BCUT2D eigenvalue weighted by Gasteiger charge is -2.33. The Morgan fingerprint density at radius 1 is 1.21 bits per heavy atom. The minimum absolute atomic E-state index is 0.297. The number of rotatable bonds is 3. The SMILES string of the molecule is Cc1ccc(C)c(CN(C)C2CCC(C#N)CC2)c1. The van der Waals surface area contributed by atoms with E-state index < -0.39 is 0 Å². The highest BCUT2D eigenvalue weighted by molar-refractivity contribution is 5.30. The maximum absolute atomic E-state index is 8.95. The zero-order valence-corrected chi connectivity index (χ0v) is 12.3. The summed E-state index contributed by atoms with van der Waals surface area (Å²) in [5.41, 5.74) is 4.15. The quantitative estimate of drug-likeness (QED) is 0.822. The highest BCUT2D eigenvalue weighted by atomic mass is 15.1. The molecular formula is C17H24N2. The zero-order chi connectivity index (χ0) is 13.8. The van der Waals surface area contributed by atoms with Gasteiger partial charge in [0.05, 0.1) is 6.07 Å². The number of benzene rings is 1. The highest BCUT2D eigenvalue weighted by Gasteiger charge is 2.23. The Labute approximate surface area is 117 Å². The van der Waals surface area contributed by atoms with Crippen LogP contribution in [0.15, 0.2) is 18.2 Å². The lowest BCUT2D eigenvalue weighted by atomic mass is 9.86. The summed E-state index contributed by atoms with van der Waals surface area (Å²) >= 11 is 0. The normalized spacial score (nSPS) is 23.3. The standard InChI is InChI=1S/C17H24N2/c1-13-4-5-14(2)16(10-13)12-19(3)17-8-6-15(11-18)7-9-17/h4-5,10,15,17H,6-9,12H2,1-3H3. The largest absolute Gasteiger partial charge is 0.299 e. The molecule has 0 amide bonds. The maximum Gasteiger partial charge on any atom is 0.0655 e. The Kier molecular flexibility index (Phi) is 4.61. The third-order valence-electron chi connectivity index (χ3n) is 4.43. The van der Waals surface area contributed by atoms with Gasteiger partial charge in [-0.15, -0.1) is 0 Å². The van der Waals surface area contributed by atoms with Crippen LogP contribution in [0.2, 0.25) is 0 Å². The Balaban J connectivity index is 1.96. The molecule has 0 heterocycles. The van der Waals surface area contributed by atoms with Gasteiger partial charge in [-0.3, -0.25) is 4.90 Å². The van der Waals surface area contributed by atoms with Crippen LogP contribution in [0.5, 0.6) is 0 Å². The molecule has 0 spiro atoms. The first-order valence-corrected chi connectivity index (χ1v) is 7.26. The predicted molar refractivity (Wildman–Crippen MR) is 78.7 cm³/mol. The van der Waals surface area contributed by atoms with Gasteiger partial charge in [0.2, 0.25) is 0 Å². The average Bonchev–Trinajstić information content (AvgIpc) is 2.43. The molecule has 0 bridgehead atoms. The molecule has 1 aliphatic carbocycles. The summed E-state index contributed by atoms with van der Waals surface area (Å²) < 4.78 is 0. The summed E-state index contributed by atoms with van der Waals surface area (Å²) in [4.78, 5) is 2.47. The van der Waals surface area contributed by atoms with Gasteiger partial charge >= 0.3 is 0 Å². The molecule has 0 radical (unpaired) electrons. The van der Waals surface area contributed by atoms with Crippen LogP contribution in [-0.2, 0) is 6.54 Å². The molecule has 0 aromatic heterocycles. The van der Waals surface area contributed by atoms with Gasteiger partial charge in [-0.2, -0.15) is 5.26 Å². The summed E-state index contributed by atoms with van der Waals surface area (Å²) in [6.45, 7) is 5.37. The van der Waals surface area contributed by atoms with Crippen LogP contribution >= 0.6 is 0 Å². The van der Waals surface area contributed by atoms with Crippen molar-refractivity contribution >= 4 is 0 Å². The molecular weight excluding hydrogens is 232 g/mol. The molecule has 0 unspecified atom stereocenters. The van der Waals surface area contributed by atoms with E-state index in [1.165, 1.54) is 29.5 Å². The first kappa shape index (κ1) is 14.1. The van der Waals surface area contributed by atoms with Crippen molar-refractivity contribution in [1.82, 2.24) is 4.90 Å². The summed E-state index contributed by atoms with van der Waals surface area (Å²) in [6.07, 6.45) is 4.47. The van der Waals surface area contributed by atoms with Crippen molar-refractivity contribution in [3.8, 4) is 6.07 Å². The van der Waals surface area contributed by atoms with Gasteiger partial charge in [0.15, 0.2) is 0 Å². The van der Waals surface area contributed by atoms with Crippen LogP contribution < -0.4 is 0 Å². The third-order valence-corrected chi connectivity index (χ3v) is 4.43. The molecule has 102 valence electrons. The van der Waals surface area contributed by atoms with Gasteiger partial charge in [-0.05, 0) is 57.7 Å². The van der Waals surface area contributed by atoms with Crippen LogP contribution in [-0.4, -0.2) is 18.0 Å². The summed E-state index contributed by atoms with van der Waals surface area (Å²) in [7, 11) is 2.22. The number of nitrogens with zero attached hydrogens (tertiary/aromatic N) is 2. The van der Waals surface area contributed by atoms with E-state index in [1.54, 1.807) is 0 Å². The first-order valence-electron chi connectivity index (χ1n) is 7.26. The Bertz CT molecular complexity index is 465. The van der Waals surface area contributed by atoms with E-state index in [4.69, 9.17) is 5.26 Å². The van der Waals surface area contributed by atoms with E-state index in [2.05, 4.69) is 50.1 Å². The fraction of sp³-hybridized carbons (Fsp3) is 0.588. The van der Waals surface area contributed by atoms with Gasteiger partial charge in [0.25, 0.3) is 0 Å². The molecule has 1 saturated carbocycles. The highest BCUT2D eigenvalue weighted by Crippen LogP contribution is 2.27. The van der Waals surface area contributed by atoms with E-state index in [-0.39, 0.29) is 0 Å². The number of hydrogen-bond acceptors (Lipinski definition) is 2. The van der Waals surface area contributed by atoms with E-state index in [0.717, 1.165) is 19.4 Å². The van der Waals surface area contributed by atoms with Crippen LogP contribution in [0, 0.1) is 31.1 Å². The van der Waals surface area contributed by atoms with Crippen LogP contribution in [0.3, 0.4) is 0 Å². The number of nitriles is 1. The summed E-state index contributed by atoms with van der Waals surface area (Å²) in [5, 5.41) is 8.95. The van der Waals surface area contributed by atoms with Crippen molar-refractivity contribution in [1.29, 1.82) is 5.26 Å². The van der Waals surface area contributed by atoms with Crippen molar-refractivity contribution in [3.63, 3.8) is 0 Å². The fourth-order valence-corrected chi connectivity index (χ4v) is 3.01.